The highest BCUT2D eigenvalue weighted by molar-refractivity contribution is 8.45. The number of nitrogens with one attached hydrogen (secondary N) is 1. The molecule has 0 radical (unpaired) electrons. The van der Waals surface area contributed by atoms with Crippen LogP contribution in [0.4, 0.5) is 23.8 Å². The summed E-state index contributed by atoms with van der Waals surface area (Å²) in [5.74, 6) is -1.43. The van der Waals surface area contributed by atoms with Crippen molar-refractivity contribution < 1.29 is 28.0 Å². The van der Waals surface area contributed by atoms with Crippen LogP contribution in [0.1, 0.15) is 39.3 Å². The van der Waals surface area contributed by atoms with Crippen LogP contribution in [0.15, 0.2) is 23.1 Å². The molecule has 1 aromatic carbocycles. The van der Waals surface area contributed by atoms with Crippen molar-refractivity contribution in [1.29, 1.82) is 0 Å². The van der Waals surface area contributed by atoms with E-state index in [1.54, 1.807) is 20.8 Å². The Labute approximate surface area is 127 Å². The van der Waals surface area contributed by atoms with Crippen molar-refractivity contribution in [2.75, 3.05) is 0 Å². The van der Waals surface area contributed by atoms with E-state index in [2.05, 4.69) is 4.72 Å². The zero-order valence-electron chi connectivity index (χ0n) is 12.3. The third-order valence-corrected chi connectivity index (χ3v) is 5.55. The first-order valence-electron chi connectivity index (χ1n) is 6.13. The van der Waals surface area contributed by atoms with Gasteiger partial charge in [0.1, 0.15) is 10.7 Å². The zero-order valence-corrected chi connectivity index (χ0v) is 13.9. The molecule has 0 spiro atoms. The summed E-state index contributed by atoms with van der Waals surface area (Å²) in [5, 5.41) is 0. The van der Waals surface area contributed by atoms with Crippen molar-refractivity contribution in [3.05, 3.63) is 29.6 Å². The van der Waals surface area contributed by atoms with E-state index >= 15 is 0 Å². The molecule has 0 saturated heterocycles. The Balaban J connectivity index is 3.14. The van der Waals surface area contributed by atoms with E-state index in [1.807, 2.05) is 0 Å². The molecule has 1 N–H and O–H groups in total. The minimum Gasteiger partial charge on any atom is -0.242 e. The third kappa shape index (κ3) is 4.88. The lowest BCUT2D eigenvalue weighted by Crippen LogP contribution is -2.35. The predicted molar refractivity (Wildman–Crippen MR) is 77.2 cm³/mol. The molecule has 0 aromatic heterocycles. The van der Waals surface area contributed by atoms with Crippen molar-refractivity contribution in [3.63, 3.8) is 0 Å². The lowest BCUT2D eigenvalue weighted by Gasteiger charge is -2.40. The fourth-order valence-corrected chi connectivity index (χ4v) is 2.95. The van der Waals surface area contributed by atoms with Gasteiger partial charge in [0.15, 0.2) is 0 Å². The molecule has 130 valence electrons. The molecule has 22 heavy (non-hydrogen) atoms. The smallest absolute Gasteiger partial charge is 0.242 e. The molecular formula is C12H17F6NOS2. The topological polar surface area (TPSA) is 29.1 Å². The second-order valence-electron chi connectivity index (χ2n) is 5.87. The monoisotopic (exact) mass is 369 g/mol. The van der Waals surface area contributed by atoms with Gasteiger partial charge < -0.3 is 0 Å². The molecule has 1 aromatic rings. The maximum atomic E-state index is 13.8. The molecule has 2 nitrogen and oxygen atoms in total. The van der Waals surface area contributed by atoms with E-state index in [-0.39, 0.29) is 17.7 Å². The average molecular weight is 369 g/mol. The largest absolute Gasteiger partial charge is 0.310 e. The van der Waals surface area contributed by atoms with E-state index in [0.29, 0.717) is 6.07 Å². The molecule has 1 unspecified atom stereocenters. The predicted octanol–water partition coefficient (Wildman–Crippen LogP) is 5.60. The number of hydrogen-bond acceptors (Lipinski definition) is 1. The first-order chi connectivity index (χ1) is 9.41. The molecule has 0 aliphatic rings. The maximum absolute atomic E-state index is 13.8. The molecule has 0 fully saturated rings. The Kier molecular flexibility index (Phi) is 4.28. The first kappa shape index (κ1) is 19.3. The second-order valence-corrected chi connectivity index (χ2v) is 10.3. The van der Waals surface area contributed by atoms with E-state index in [4.69, 9.17) is 0 Å². The van der Waals surface area contributed by atoms with E-state index in [0.717, 1.165) is 0 Å². The van der Waals surface area contributed by atoms with Crippen LogP contribution in [0.5, 0.6) is 0 Å². The van der Waals surface area contributed by atoms with Crippen LogP contribution in [-0.4, -0.2) is 8.96 Å². The molecule has 0 saturated carbocycles. The van der Waals surface area contributed by atoms with Gasteiger partial charge in [-0.3, -0.25) is 0 Å². The summed E-state index contributed by atoms with van der Waals surface area (Å²) < 4.78 is 90.5. The Morgan fingerprint density at radius 2 is 1.64 bits per heavy atom. The minimum absolute atomic E-state index is 0.137. The summed E-state index contributed by atoms with van der Waals surface area (Å²) in [4.78, 5) is -2.29. The fraction of sp³-hybridized carbons (Fsp3) is 0.500. The minimum atomic E-state index is -9.91. The van der Waals surface area contributed by atoms with Crippen molar-refractivity contribution in [2.24, 2.45) is 0 Å². The lowest BCUT2D eigenvalue weighted by molar-refractivity contribution is 0.362. The molecule has 1 rings (SSSR count). The van der Waals surface area contributed by atoms with Crippen LogP contribution in [0.2, 0.25) is 0 Å². The summed E-state index contributed by atoms with van der Waals surface area (Å²) >= 11 is 0. The van der Waals surface area contributed by atoms with E-state index in [1.165, 1.54) is 6.92 Å². The van der Waals surface area contributed by atoms with Crippen LogP contribution >= 0.6 is 10.2 Å². The Hall–Kier alpha value is -0.740. The van der Waals surface area contributed by atoms with Gasteiger partial charge in [-0.25, -0.2) is 13.3 Å². The second kappa shape index (κ2) is 4.88. The van der Waals surface area contributed by atoms with Crippen LogP contribution in [-0.2, 0) is 11.0 Å². The molecule has 0 bridgehead atoms. The van der Waals surface area contributed by atoms with E-state index < -0.39 is 42.7 Å². The van der Waals surface area contributed by atoms with Crippen molar-refractivity contribution in [1.82, 2.24) is 4.72 Å². The van der Waals surface area contributed by atoms with E-state index in [9.17, 15) is 28.0 Å². The fourth-order valence-electron chi connectivity index (χ4n) is 1.50. The number of benzene rings is 1. The first-order valence-corrected chi connectivity index (χ1v) is 9.23. The van der Waals surface area contributed by atoms with Crippen molar-refractivity contribution >= 4 is 21.2 Å². The molecule has 0 aliphatic heterocycles. The van der Waals surface area contributed by atoms with Crippen LogP contribution in [0.3, 0.4) is 0 Å². The number of halogens is 6. The molecule has 0 amide bonds. The SMILES string of the molecule is C[C@@H](NS(=O)C(C)(C)C)c1ccc(S(F)(F)(F)(F)F)cc1F. The molecular weight excluding hydrogens is 352 g/mol. The van der Waals surface area contributed by atoms with Gasteiger partial charge in [-0.05, 0) is 39.8 Å². The Morgan fingerprint density at radius 1 is 1.14 bits per heavy atom. The quantitative estimate of drug-likeness (QED) is 0.688. The lowest BCUT2D eigenvalue weighted by atomic mass is 10.1. The number of hydrogen-bond donors (Lipinski definition) is 1. The van der Waals surface area contributed by atoms with Crippen LogP contribution < -0.4 is 4.72 Å². The summed E-state index contributed by atoms with van der Waals surface area (Å²) in [5.41, 5.74) is -0.275. The van der Waals surface area contributed by atoms with Crippen molar-refractivity contribution in [2.45, 2.75) is 43.4 Å². The van der Waals surface area contributed by atoms with Gasteiger partial charge in [0.25, 0.3) is 0 Å². The van der Waals surface area contributed by atoms with Gasteiger partial charge in [0.2, 0.25) is 0 Å². The molecule has 0 heterocycles. The van der Waals surface area contributed by atoms with Gasteiger partial charge in [0.05, 0.1) is 15.7 Å². The van der Waals surface area contributed by atoms with Gasteiger partial charge in [-0.15, -0.1) is 0 Å². The maximum Gasteiger partial charge on any atom is 0.310 e. The summed E-state index contributed by atoms with van der Waals surface area (Å²) in [7, 11) is -11.5. The van der Waals surface area contributed by atoms with Crippen LogP contribution in [0.25, 0.3) is 0 Å². The standard InChI is InChI=1S/C12H17F6NOS2/c1-8(19-21(20)12(2,3)4)10-6-5-9(7-11(10)13)22(14,15,16,17)18/h5-8,19H,1-4H3/t8-,21?/m1/s1. The highest BCUT2D eigenvalue weighted by atomic mass is 32.5. The Bertz CT molecular complexity index is 608. The average Bonchev–Trinajstić information content (AvgIpc) is 2.23. The molecule has 10 heteroatoms. The summed E-state index contributed by atoms with van der Waals surface area (Å²) in [6, 6.07) is -0.375. The van der Waals surface area contributed by atoms with Crippen LogP contribution in [0, 0.1) is 5.82 Å². The highest BCUT2D eigenvalue weighted by Gasteiger charge is 2.65. The number of rotatable bonds is 4. The molecule has 0 aliphatic carbocycles. The zero-order chi connectivity index (χ0) is 17.6. The van der Waals surface area contributed by atoms with Gasteiger partial charge in [0, 0.05) is 11.6 Å². The van der Waals surface area contributed by atoms with Gasteiger partial charge in [-0.1, -0.05) is 25.5 Å². The summed E-state index contributed by atoms with van der Waals surface area (Å²) in [6.45, 7) is 6.32. The Morgan fingerprint density at radius 3 is 2.00 bits per heavy atom. The summed E-state index contributed by atoms with van der Waals surface area (Å²) in [6.07, 6.45) is 0. The van der Waals surface area contributed by atoms with Crippen molar-refractivity contribution in [3.8, 4) is 0 Å². The van der Waals surface area contributed by atoms with Gasteiger partial charge >= 0.3 is 10.2 Å². The normalized spacial score (nSPS) is 19.2. The highest BCUT2D eigenvalue weighted by Crippen LogP contribution is 3.02. The molecule has 2 atom stereocenters. The van der Waals surface area contributed by atoms with Gasteiger partial charge in [-0.2, -0.15) is 0 Å². The third-order valence-electron chi connectivity index (χ3n) is 2.72.